The molecule has 1 aliphatic carbocycles. The fourth-order valence-electron chi connectivity index (χ4n) is 2.66. The molecule has 0 bridgehead atoms. The highest BCUT2D eigenvalue weighted by Crippen LogP contribution is 2.34. The number of halogens is 3. The maximum absolute atomic E-state index is 13.9. The van der Waals surface area contributed by atoms with Gasteiger partial charge in [0.25, 0.3) is 0 Å². The van der Waals surface area contributed by atoms with E-state index in [4.69, 9.17) is 0 Å². The van der Waals surface area contributed by atoms with Crippen LogP contribution in [-0.2, 0) is 0 Å². The van der Waals surface area contributed by atoms with Gasteiger partial charge in [-0.15, -0.1) is 0 Å². The van der Waals surface area contributed by atoms with Crippen LogP contribution in [0.4, 0.5) is 14.5 Å². The third kappa shape index (κ3) is 3.08. The van der Waals surface area contributed by atoms with E-state index in [0.717, 1.165) is 32.1 Å². The first-order valence-corrected chi connectivity index (χ1v) is 7.55. The van der Waals surface area contributed by atoms with Crippen LogP contribution in [0.25, 0.3) is 0 Å². The van der Waals surface area contributed by atoms with Crippen molar-refractivity contribution in [2.24, 2.45) is 5.92 Å². The molecule has 2 nitrogen and oxygen atoms in total. The lowest BCUT2D eigenvalue weighted by molar-refractivity contribution is 0.514. The molecule has 1 saturated carbocycles. The summed E-state index contributed by atoms with van der Waals surface area (Å²) in [6, 6.07) is 2.99. The second-order valence-corrected chi connectivity index (χ2v) is 6.36. The molecule has 3 rings (SSSR count). The highest BCUT2D eigenvalue weighted by molar-refractivity contribution is 9.10. The quantitative estimate of drug-likeness (QED) is 0.911. The first kappa shape index (κ1) is 13.3. The number of hydrogen-bond acceptors (Lipinski definition) is 2. The van der Waals surface area contributed by atoms with Gasteiger partial charge in [0.2, 0.25) is 0 Å². The van der Waals surface area contributed by atoms with Crippen LogP contribution >= 0.6 is 15.9 Å². The van der Waals surface area contributed by atoms with Gasteiger partial charge in [0, 0.05) is 29.7 Å². The molecule has 5 heteroatoms. The summed E-state index contributed by atoms with van der Waals surface area (Å²) < 4.78 is 27.5. The van der Waals surface area contributed by atoms with Crippen molar-refractivity contribution in [3.05, 3.63) is 28.2 Å². The molecule has 0 amide bonds. The lowest BCUT2D eigenvalue weighted by Crippen LogP contribution is -2.28. The molecule has 19 heavy (non-hydrogen) atoms. The molecule has 0 radical (unpaired) electrons. The fourth-order valence-corrected chi connectivity index (χ4v) is 3.32. The highest BCUT2D eigenvalue weighted by atomic mass is 79.9. The average Bonchev–Trinajstić information content (AvgIpc) is 3.05. The summed E-state index contributed by atoms with van der Waals surface area (Å²) in [5.41, 5.74) is 0.496. The number of hydrogen-bond donors (Lipinski definition) is 1. The van der Waals surface area contributed by atoms with Crippen LogP contribution < -0.4 is 10.2 Å². The van der Waals surface area contributed by atoms with Gasteiger partial charge in [0.15, 0.2) is 5.82 Å². The van der Waals surface area contributed by atoms with E-state index in [-0.39, 0.29) is 0 Å². The van der Waals surface area contributed by atoms with Gasteiger partial charge in [-0.25, -0.2) is 8.78 Å². The lowest BCUT2D eigenvalue weighted by Gasteiger charge is -2.21. The van der Waals surface area contributed by atoms with Crippen molar-refractivity contribution in [3.8, 4) is 0 Å². The van der Waals surface area contributed by atoms with Crippen molar-refractivity contribution in [1.29, 1.82) is 0 Å². The van der Waals surface area contributed by atoms with Gasteiger partial charge in [-0.3, -0.25) is 0 Å². The molecule has 1 atom stereocenters. The van der Waals surface area contributed by atoms with Crippen molar-refractivity contribution in [2.45, 2.75) is 25.3 Å². The molecule has 1 heterocycles. The van der Waals surface area contributed by atoms with Crippen molar-refractivity contribution < 1.29 is 8.78 Å². The van der Waals surface area contributed by atoms with Gasteiger partial charge in [0.05, 0.1) is 5.69 Å². The van der Waals surface area contributed by atoms with E-state index < -0.39 is 11.6 Å². The zero-order valence-corrected chi connectivity index (χ0v) is 12.2. The molecule has 0 spiro atoms. The van der Waals surface area contributed by atoms with E-state index in [1.165, 1.54) is 18.9 Å². The third-order valence-electron chi connectivity index (χ3n) is 3.86. The Morgan fingerprint density at radius 3 is 2.74 bits per heavy atom. The molecule has 1 saturated heterocycles. The van der Waals surface area contributed by atoms with E-state index in [9.17, 15) is 8.78 Å². The summed E-state index contributed by atoms with van der Waals surface area (Å²) in [5.74, 6) is -0.473. The zero-order chi connectivity index (χ0) is 13.4. The number of rotatable bonds is 4. The standard InChI is InChI=1S/C14H17BrF2N2/c15-12-5-10(16)6-13(17)14(12)19-4-3-9(8-19)7-18-11-1-2-11/h5-6,9,11,18H,1-4,7-8H2. The number of benzene rings is 1. The predicted molar refractivity (Wildman–Crippen MR) is 75.4 cm³/mol. The Hall–Kier alpha value is -0.680. The summed E-state index contributed by atoms with van der Waals surface area (Å²) in [6.45, 7) is 2.67. The van der Waals surface area contributed by atoms with Gasteiger partial charge in [-0.05, 0) is 53.7 Å². The highest BCUT2D eigenvalue weighted by Gasteiger charge is 2.28. The monoisotopic (exact) mass is 330 g/mol. The third-order valence-corrected chi connectivity index (χ3v) is 4.46. The number of nitrogens with one attached hydrogen (secondary N) is 1. The Labute approximate surface area is 120 Å². The molecule has 2 aliphatic rings. The Bertz CT molecular complexity index is 454. The smallest absolute Gasteiger partial charge is 0.150 e. The topological polar surface area (TPSA) is 15.3 Å². The van der Waals surface area contributed by atoms with Crippen LogP contribution in [-0.4, -0.2) is 25.7 Å². The Morgan fingerprint density at radius 2 is 2.05 bits per heavy atom. The minimum atomic E-state index is -0.542. The van der Waals surface area contributed by atoms with E-state index in [2.05, 4.69) is 21.2 Å². The minimum Gasteiger partial charge on any atom is -0.368 e. The largest absolute Gasteiger partial charge is 0.368 e. The van der Waals surface area contributed by atoms with E-state index in [1.54, 1.807) is 0 Å². The maximum atomic E-state index is 13.9. The molecule has 1 aromatic carbocycles. The van der Waals surface area contributed by atoms with Gasteiger partial charge >= 0.3 is 0 Å². The van der Waals surface area contributed by atoms with Gasteiger partial charge in [0.1, 0.15) is 5.82 Å². The van der Waals surface area contributed by atoms with E-state index in [1.807, 2.05) is 4.90 Å². The summed E-state index contributed by atoms with van der Waals surface area (Å²) in [6.07, 6.45) is 3.63. The summed E-state index contributed by atoms with van der Waals surface area (Å²) in [4.78, 5) is 2.01. The van der Waals surface area contributed by atoms with Crippen molar-refractivity contribution >= 4 is 21.6 Å². The number of nitrogens with zero attached hydrogens (tertiary/aromatic N) is 1. The second-order valence-electron chi connectivity index (χ2n) is 5.50. The molecule has 1 unspecified atom stereocenters. The van der Waals surface area contributed by atoms with Crippen LogP contribution in [0, 0.1) is 17.6 Å². The maximum Gasteiger partial charge on any atom is 0.150 e. The van der Waals surface area contributed by atoms with Crippen LogP contribution in [0.3, 0.4) is 0 Å². The predicted octanol–water partition coefficient (Wildman–Crippen LogP) is 3.31. The van der Waals surface area contributed by atoms with Crippen LogP contribution in [0.5, 0.6) is 0 Å². The molecule has 2 fully saturated rings. The van der Waals surface area contributed by atoms with Crippen molar-refractivity contribution in [3.63, 3.8) is 0 Å². The van der Waals surface area contributed by atoms with Crippen LogP contribution in [0.2, 0.25) is 0 Å². The molecule has 0 aromatic heterocycles. The summed E-state index contributed by atoms with van der Waals surface area (Å²) in [7, 11) is 0. The Morgan fingerprint density at radius 1 is 1.26 bits per heavy atom. The zero-order valence-electron chi connectivity index (χ0n) is 10.6. The SMILES string of the molecule is Fc1cc(F)c(N2CCC(CNC3CC3)C2)c(Br)c1. The average molecular weight is 331 g/mol. The van der Waals surface area contributed by atoms with Crippen LogP contribution in [0.15, 0.2) is 16.6 Å². The van der Waals surface area contributed by atoms with Crippen molar-refractivity contribution in [1.82, 2.24) is 5.32 Å². The summed E-state index contributed by atoms with van der Waals surface area (Å²) >= 11 is 3.26. The van der Waals surface area contributed by atoms with Crippen LogP contribution in [0.1, 0.15) is 19.3 Å². The fraction of sp³-hybridized carbons (Fsp3) is 0.571. The first-order chi connectivity index (χ1) is 9.13. The molecule has 1 N–H and O–H groups in total. The summed E-state index contributed by atoms with van der Waals surface area (Å²) in [5, 5.41) is 3.52. The minimum absolute atomic E-state index is 0.484. The molecule has 1 aromatic rings. The normalized spacial score (nSPS) is 23.1. The second kappa shape index (κ2) is 5.37. The molecular formula is C14H17BrF2N2. The molecule has 1 aliphatic heterocycles. The number of anilines is 1. The van der Waals surface area contributed by atoms with Gasteiger partial charge < -0.3 is 10.2 Å². The van der Waals surface area contributed by atoms with E-state index in [0.29, 0.717) is 22.1 Å². The Balaban J connectivity index is 1.66. The van der Waals surface area contributed by atoms with Crippen molar-refractivity contribution in [2.75, 3.05) is 24.5 Å². The first-order valence-electron chi connectivity index (χ1n) is 6.76. The lowest BCUT2D eigenvalue weighted by atomic mass is 10.1. The molecular weight excluding hydrogens is 314 g/mol. The molecule has 104 valence electrons. The van der Waals surface area contributed by atoms with Gasteiger partial charge in [-0.2, -0.15) is 0 Å². The Kier molecular flexibility index (Phi) is 3.76. The van der Waals surface area contributed by atoms with Gasteiger partial charge in [-0.1, -0.05) is 0 Å². The van der Waals surface area contributed by atoms with E-state index >= 15 is 0 Å².